The van der Waals surface area contributed by atoms with Gasteiger partial charge in [-0.2, -0.15) is 0 Å². The van der Waals surface area contributed by atoms with Crippen LogP contribution >= 0.6 is 23.2 Å². The van der Waals surface area contributed by atoms with Crippen molar-refractivity contribution in [2.45, 2.75) is 18.1 Å². The number of anilines is 4. The van der Waals surface area contributed by atoms with E-state index in [0.29, 0.717) is 42.4 Å². The summed E-state index contributed by atoms with van der Waals surface area (Å²) in [5, 5.41) is 15.6. The number of nitrogens with one attached hydrogen (secondary N) is 2. The number of alkyl halides is 3. The van der Waals surface area contributed by atoms with Crippen molar-refractivity contribution < 1.29 is 27.8 Å². The van der Waals surface area contributed by atoms with Gasteiger partial charge in [-0.05, 0) is 55.0 Å². The molecule has 1 aliphatic rings. The molecule has 0 spiro atoms. The van der Waals surface area contributed by atoms with Crippen LogP contribution in [0.2, 0.25) is 5.02 Å². The minimum absolute atomic E-state index is 0.0747. The summed E-state index contributed by atoms with van der Waals surface area (Å²) in [5.74, 6) is -0.757. The molecule has 0 aliphatic carbocycles. The maximum absolute atomic E-state index is 13.6. The number of carbonyl (C=O) groups excluding carboxylic acids is 1. The topological polar surface area (TPSA) is 86.7 Å². The predicted molar refractivity (Wildman–Crippen MR) is 128 cm³/mol. The van der Waals surface area contributed by atoms with Crippen molar-refractivity contribution >= 4 is 52.0 Å². The van der Waals surface area contributed by atoms with Crippen LogP contribution in [0.25, 0.3) is 0 Å². The fraction of sp³-hybridized carbons (Fsp3) is 0.217. The second-order valence-corrected chi connectivity index (χ2v) is 8.61. The molecule has 2 heterocycles. The Morgan fingerprint density at radius 3 is 2.51 bits per heavy atom. The number of rotatable bonds is 7. The van der Waals surface area contributed by atoms with Crippen LogP contribution in [0.5, 0.6) is 5.75 Å². The lowest BCUT2D eigenvalue weighted by atomic mass is 10.2. The zero-order valence-corrected chi connectivity index (χ0v) is 19.5. The van der Waals surface area contributed by atoms with E-state index < -0.39 is 23.4 Å². The molecule has 3 aromatic rings. The van der Waals surface area contributed by atoms with Crippen molar-refractivity contribution in [2.75, 3.05) is 28.6 Å². The number of hydrogen-bond acceptors (Lipinski definition) is 6. The first-order chi connectivity index (χ1) is 16.6. The molecule has 4 rings (SSSR count). The number of β-amino-alcohol motifs (C(OH)–C–C–N with tert-alkyl or cyclic N) is 1. The molecule has 1 fully saturated rings. The van der Waals surface area contributed by atoms with Crippen LogP contribution in [0.1, 0.15) is 16.8 Å². The summed E-state index contributed by atoms with van der Waals surface area (Å²) in [6.07, 6.45) is 1.45. The Morgan fingerprint density at radius 2 is 1.89 bits per heavy atom. The molecule has 184 valence electrons. The van der Waals surface area contributed by atoms with Gasteiger partial charge in [0, 0.05) is 42.3 Å². The number of carbonyl (C=O) groups is 1. The summed E-state index contributed by atoms with van der Waals surface area (Å²) < 4.78 is 43.3. The molecule has 12 heteroatoms. The van der Waals surface area contributed by atoms with Crippen molar-refractivity contribution in [3.63, 3.8) is 0 Å². The smallest absolute Gasteiger partial charge is 0.420 e. The highest BCUT2D eigenvalue weighted by molar-refractivity contribution is 6.31. The van der Waals surface area contributed by atoms with Crippen LogP contribution in [0, 0.1) is 5.82 Å². The first-order valence-electron chi connectivity index (χ1n) is 10.4. The standard InChI is InChI=1S/C23H19Cl2F3N4O3/c24-18-10-15(3-6-19(18)26)30-20-9-13(11-29-21(20)32-8-7-16(33)12-32)22(34)31-14-1-4-17(5-2-14)35-23(25,27)28/h1-6,9-11,16,30,33H,7-8,12H2,(H,31,34)/t16-/m1/s1. The third-order valence-corrected chi connectivity index (χ3v) is 5.50. The van der Waals surface area contributed by atoms with Gasteiger partial charge in [-0.1, -0.05) is 11.6 Å². The number of nitrogens with zero attached hydrogens (tertiary/aromatic N) is 2. The van der Waals surface area contributed by atoms with E-state index in [1.165, 1.54) is 48.7 Å². The lowest BCUT2D eigenvalue weighted by Gasteiger charge is -2.21. The van der Waals surface area contributed by atoms with Gasteiger partial charge in [0.15, 0.2) is 5.82 Å². The van der Waals surface area contributed by atoms with Crippen LogP contribution in [-0.2, 0) is 0 Å². The fourth-order valence-electron chi connectivity index (χ4n) is 3.53. The molecule has 0 bridgehead atoms. The van der Waals surface area contributed by atoms with Crippen LogP contribution in [-0.4, -0.2) is 40.8 Å². The molecule has 1 saturated heterocycles. The monoisotopic (exact) mass is 526 g/mol. The zero-order chi connectivity index (χ0) is 25.2. The lowest BCUT2D eigenvalue weighted by molar-refractivity contribution is -0.0964. The molecular weight excluding hydrogens is 508 g/mol. The Hall–Kier alpha value is -3.21. The van der Waals surface area contributed by atoms with Gasteiger partial charge in [-0.25, -0.2) is 9.37 Å². The van der Waals surface area contributed by atoms with Crippen LogP contribution in [0.15, 0.2) is 54.7 Å². The number of amides is 1. The number of aromatic nitrogens is 1. The maximum Gasteiger partial charge on any atom is 0.487 e. The Bertz CT molecular complexity index is 1230. The number of pyridine rings is 1. The largest absolute Gasteiger partial charge is 0.487 e. The van der Waals surface area contributed by atoms with Crippen molar-refractivity contribution in [3.05, 3.63) is 71.1 Å². The average Bonchev–Trinajstić information content (AvgIpc) is 3.22. The van der Waals surface area contributed by atoms with Crippen LogP contribution < -0.4 is 20.3 Å². The second-order valence-electron chi connectivity index (χ2n) is 7.76. The zero-order valence-electron chi connectivity index (χ0n) is 17.9. The highest BCUT2D eigenvalue weighted by atomic mass is 35.5. The fourth-order valence-corrected chi connectivity index (χ4v) is 3.80. The Labute approximate surface area is 208 Å². The molecule has 0 radical (unpaired) electrons. The molecule has 1 atom stereocenters. The number of aliphatic hydroxyl groups excluding tert-OH is 1. The number of halogens is 5. The molecule has 1 aliphatic heterocycles. The molecule has 2 aromatic carbocycles. The minimum atomic E-state index is -3.85. The van der Waals surface area contributed by atoms with E-state index >= 15 is 0 Å². The molecular formula is C23H19Cl2F3N4O3. The van der Waals surface area contributed by atoms with E-state index in [1.54, 1.807) is 6.07 Å². The van der Waals surface area contributed by atoms with Gasteiger partial charge in [-0.3, -0.25) is 4.79 Å². The van der Waals surface area contributed by atoms with Crippen molar-refractivity contribution in [1.82, 2.24) is 4.98 Å². The number of ether oxygens (including phenoxy) is 1. The van der Waals surface area contributed by atoms with Gasteiger partial charge in [-0.15, -0.1) is 8.78 Å². The third kappa shape index (κ3) is 6.47. The predicted octanol–water partition coefficient (Wildman–Crippen LogP) is 5.61. The molecule has 0 saturated carbocycles. The van der Waals surface area contributed by atoms with E-state index in [0.717, 1.165) is 0 Å². The number of hydrogen-bond donors (Lipinski definition) is 3. The first kappa shape index (κ1) is 24.9. The first-order valence-corrected chi connectivity index (χ1v) is 11.2. The van der Waals surface area contributed by atoms with E-state index in [1.807, 2.05) is 4.90 Å². The molecule has 1 amide bonds. The molecule has 3 N–H and O–H groups in total. The minimum Gasteiger partial charge on any atom is -0.420 e. The van der Waals surface area contributed by atoms with Gasteiger partial charge < -0.3 is 25.4 Å². The van der Waals surface area contributed by atoms with E-state index in [-0.39, 0.29) is 16.3 Å². The van der Waals surface area contributed by atoms with E-state index in [2.05, 4.69) is 20.4 Å². The second kappa shape index (κ2) is 10.2. The third-order valence-electron chi connectivity index (χ3n) is 5.14. The van der Waals surface area contributed by atoms with Crippen LogP contribution in [0.4, 0.5) is 36.1 Å². The number of aliphatic hydroxyl groups is 1. The Morgan fingerprint density at radius 1 is 1.17 bits per heavy atom. The molecule has 0 unspecified atom stereocenters. The summed E-state index contributed by atoms with van der Waals surface area (Å²) in [6, 6.07) is 10.9. The van der Waals surface area contributed by atoms with E-state index in [9.17, 15) is 23.1 Å². The normalized spacial score (nSPS) is 15.7. The summed E-state index contributed by atoms with van der Waals surface area (Å²) in [5.41, 5.74) is -2.41. The van der Waals surface area contributed by atoms with Crippen LogP contribution in [0.3, 0.4) is 0 Å². The highest BCUT2D eigenvalue weighted by Gasteiger charge is 2.27. The Kier molecular flexibility index (Phi) is 7.25. The SMILES string of the molecule is O=C(Nc1ccc(OC(F)(F)Cl)cc1)c1cnc(N2CC[C@@H](O)C2)c(Nc2ccc(F)c(Cl)c2)c1. The molecule has 35 heavy (non-hydrogen) atoms. The van der Waals surface area contributed by atoms with Gasteiger partial charge >= 0.3 is 5.57 Å². The summed E-state index contributed by atoms with van der Waals surface area (Å²) in [4.78, 5) is 19.1. The summed E-state index contributed by atoms with van der Waals surface area (Å²) >= 11 is 10.6. The molecule has 7 nitrogen and oxygen atoms in total. The number of benzene rings is 2. The van der Waals surface area contributed by atoms with E-state index in [4.69, 9.17) is 23.2 Å². The van der Waals surface area contributed by atoms with Crippen molar-refractivity contribution in [1.29, 1.82) is 0 Å². The average molecular weight is 527 g/mol. The van der Waals surface area contributed by atoms with Gasteiger partial charge in [0.05, 0.1) is 22.4 Å². The van der Waals surface area contributed by atoms with Gasteiger partial charge in [0.1, 0.15) is 11.6 Å². The lowest BCUT2D eigenvalue weighted by Crippen LogP contribution is -2.24. The maximum atomic E-state index is 13.6. The highest BCUT2D eigenvalue weighted by Crippen LogP contribution is 2.32. The van der Waals surface area contributed by atoms with Gasteiger partial charge in [0.2, 0.25) is 0 Å². The van der Waals surface area contributed by atoms with Gasteiger partial charge in [0.25, 0.3) is 5.91 Å². The van der Waals surface area contributed by atoms with Crippen molar-refractivity contribution in [2.24, 2.45) is 0 Å². The summed E-state index contributed by atoms with van der Waals surface area (Å²) in [6.45, 7) is 0.932. The quantitative estimate of drug-likeness (QED) is 0.347. The molecule has 1 aromatic heterocycles. The summed E-state index contributed by atoms with van der Waals surface area (Å²) in [7, 11) is 0. The van der Waals surface area contributed by atoms with Crippen molar-refractivity contribution in [3.8, 4) is 5.75 Å². The Balaban J connectivity index is 1.57.